The topological polar surface area (TPSA) is 43.8 Å². The normalized spacial score (nSPS) is 12.1. The lowest BCUT2D eigenvalue weighted by molar-refractivity contribution is 0.551. The largest absolute Gasteiger partial charge is 0.384 e. The Bertz CT molecular complexity index is 291. The predicted octanol–water partition coefficient (Wildman–Crippen LogP) is 1.61. The summed E-state index contributed by atoms with van der Waals surface area (Å²) in [6.07, 6.45) is 0. The summed E-state index contributed by atoms with van der Waals surface area (Å²) in [5.41, 5.74) is 8.07. The van der Waals surface area contributed by atoms with Crippen LogP contribution in [0.15, 0.2) is 0 Å². The average molecular weight is 167 g/mol. The second kappa shape index (κ2) is 2.51. The Morgan fingerprint density at radius 2 is 1.83 bits per heavy atom. The van der Waals surface area contributed by atoms with Crippen LogP contribution in [0.5, 0.6) is 0 Å². The molecule has 2 N–H and O–H groups in total. The molecule has 1 rings (SSSR count). The van der Waals surface area contributed by atoms with Crippen LogP contribution in [0.4, 0.5) is 5.82 Å². The zero-order valence-corrected chi connectivity index (χ0v) is 8.47. The van der Waals surface area contributed by atoms with E-state index in [1.54, 1.807) is 4.68 Å². The van der Waals surface area contributed by atoms with Gasteiger partial charge in [0.05, 0.1) is 5.69 Å². The third-order valence-electron chi connectivity index (χ3n) is 2.05. The minimum absolute atomic E-state index is 0.0828. The summed E-state index contributed by atoms with van der Waals surface area (Å²) in [7, 11) is 1.87. The van der Waals surface area contributed by atoms with Gasteiger partial charge in [-0.15, -0.1) is 0 Å². The lowest BCUT2D eigenvalue weighted by Crippen LogP contribution is -2.13. The number of nitrogens with zero attached hydrogens (tertiary/aromatic N) is 2. The summed E-state index contributed by atoms with van der Waals surface area (Å²) in [6, 6.07) is 0. The first-order valence-electron chi connectivity index (χ1n) is 4.13. The van der Waals surface area contributed by atoms with Crippen LogP contribution in [0.25, 0.3) is 0 Å². The highest BCUT2D eigenvalue weighted by atomic mass is 15.3. The number of nitrogens with two attached hydrogens (primary N) is 1. The smallest absolute Gasteiger partial charge is 0.124 e. The molecule has 1 aromatic rings. The van der Waals surface area contributed by atoms with Crippen molar-refractivity contribution in [2.45, 2.75) is 33.1 Å². The van der Waals surface area contributed by atoms with Gasteiger partial charge in [0.15, 0.2) is 0 Å². The molecule has 0 saturated heterocycles. The van der Waals surface area contributed by atoms with Crippen LogP contribution < -0.4 is 5.73 Å². The van der Waals surface area contributed by atoms with Crippen molar-refractivity contribution in [2.75, 3.05) is 5.73 Å². The van der Waals surface area contributed by atoms with Crippen LogP contribution in [0, 0.1) is 6.92 Å². The van der Waals surface area contributed by atoms with E-state index in [9.17, 15) is 0 Å². The molecule has 1 aromatic heterocycles. The summed E-state index contributed by atoms with van der Waals surface area (Å²) in [5.74, 6) is 0.764. The van der Waals surface area contributed by atoms with Crippen molar-refractivity contribution in [1.29, 1.82) is 0 Å². The van der Waals surface area contributed by atoms with Gasteiger partial charge in [-0.3, -0.25) is 4.68 Å². The number of nitrogen functional groups attached to an aromatic ring is 1. The summed E-state index contributed by atoms with van der Waals surface area (Å²) < 4.78 is 1.73. The number of aryl methyl sites for hydroxylation is 1. The minimum Gasteiger partial charge on any atom is -0.384 e. The first kappa shape index (κ1) is 9.10. The molecule has 0 radical (unpaired) electrons. The highest BCUT2D eigenvalue weighted by Gasteiger charge is 2.21. The molecule has 0 bridgehead atoms. The van der Waals surface area contributed by atoms with E-state index >= 15 is 0 Å². The van der Waals surface area contributed by atoms with Crippen LogP contribution in [-0.4, -0.2) is 9.78 Å². The lowest BCUT2D eigenvalue weighted by Gasteiger charge is -2.15. The highest BCUT2D eigenvalue weighted by molar-refractivity contribution is 5.44. The zero-order valence-electron chi connectivity index (χ0n) is 8.47. The van der Waals surface area contributed by atoms with Crippen molar-refractivity contribution in [3.05, 3.63) is 11.3 Å². The predicted molar refractivity (Wildman–Crippen MR) is 51.1 cm³/mol. The maximum absolute atomic E-state index is 5.80. The van der Waals surface area contributed by atoms with Crippen LogP contribution in [0.1, 0.15) is 32.0 Å². The Hall–Kier alpha value is -0.990. The van der Waals surface area contributed by atoms with Gasteiger partial charge >= 0.3 is 0 Å². The Morgan fingerprint density at radius 1 is 1.33 bits per heavy atom. The summed E-state index contributed by atoms with van der Waals surface area (Å²) in [6.45, 7) is 8.44. The van der Waals surface area contributed by atoms with Crippen molar-refractivity contribution >= 4 is 5.82 Å². The van der Waals surface area contributed by atoms with Crippen LogP contribution in [-0.2, 0) is 12.5 Å². The van der Waals surface area contributed by atoms with Crippen molar-refractivity contribution in [3.63, 3.8) is 0 Å². The summed E-state index contributed by atoms with van der Waals surface area (Å²) >= 11 is 0. The number of anilines is 1. The van der Waals surface area contributed by atoms with Gasteiger partial charge < -0.3 is 5.73 Å². The van der Waals surface area contributed by atoms with E-state index < -0.39 is 0 Å². The average Bonchev–Trinajstić information content (AvgIpc) is 2.15. The van der Waals surface area contributed by atoms with Gasteiger partial charge in [0.1, 0.15) is 5.82 Å². The van der Waals surface area contributed by atoms with Gasteiger partial charge in [-0.05, 0) is 6.92 Å². The van der Waals surface area contributed by atoms with Crippen LogP contribution in [0.2, 0.25) is 0 Å². The maximum Gasteiger partial charge on any atom is 0.124 e. The zero-order chi connectivity index (χ0) is 9.52. The van der Waals surface area contributed by atoms with Gasteiger partial charge in [-0.1, -0.05) is 20.8 Å². The van der Waals surface area contributed by atoms with E-state index in [2.05, 4.69) is 25.9 Å². The summed E-state index contributed by atoms with van der Waals surface area (Å²) in [5, 5.41) is 4.37. The summed E-state index contributed by atoms with van der Waals surface area (Å²) in [4.78, 5) is 0. The van der Waals surface area contributed by atoms with E-state index in [4.69, 9.17) is 5.73 Å². The number of hydrogen-bond acceptors (Lipinski definition) is 2. The third kappa shape index (κ3) is 1.31. The molecular weight excluding hydrogens is 150 g/mol. The van der Waals surface area contributed by atoms with Gasteiger partial charge in [0, 0.05) is 18.0 Å². The van der Waals surface area contributed by atoms with Gasteiger partial charge in [0.2, 0.25) is 0 Å². The Kier molecular flexibility index (Phi) is 1.90. The quantitative estimate of drug-likeness (QED) is 0.638. The maximum atomic E-state index is 5.80. The van der Waals surface area contributed by atoms with E-state index in [0.717, 1.165) is 17.1 Å². The number of aromatic nitrogens is 2. The second-order valence-electron chi connectivity index (χ2n) is 4.23. The lowest BCUT2D eigenvalue weighted by atomic mass is 9.90. The minimum atomic E-state index is 0.0828. The molecule has 0 fully saturated rings. The van der Waals surface area contributed by atoms with Gasteiger partial charge in [-0.2, -0.15) is 5.10 Å². The van der Waals surface area contributed by atoms with Crippen molar-refractivity contribution < 1.29 is 0 Å². The first-order valence-corrected chi connectivity index (χ1v) is 4.13. The van der Waals surface area contributed by atoms with E-state index in [-0.39, 0.29) is 5.41 Å². The molecule has 0 amide bonds. The molecule has 0 spiro atoms. The molecule has 1 heterocycles. The van der Waals surface area contributed by atoms with Crippen molar-refractivity contribution in [3.8, 4) is 0 Å². The van der Waals surface area contributed by atoms with E-state index in [0.29, 0.717) is 0 Å². The van der Waals surface area contributed by atoms with E-state index in [1.165, 1.54) is 0 Å². The fraction of sp³-hybridized carbons (Fsp3) is 0.667. The Morgan fingerprint density at radius 3 is 2.00 bits per heavy atom. The fourth-order valence-electron chi connectivity index (χ4n) is 1.36. The molecule has 0 aliphatic heterocycles. The van der Waals surface area contributed by atoms with Crippen molar-refractivity contribution in [2.24, 2.45) is 7.05 Å². The van der Waals surface area contributed by atoms with E-state index in [1.807, 2.05) is 14.0 Å². The molecule has 68 valence electrons. The number of hydrogen-bond donors (Lipinski definition) is 1. The Balaban J connectivity index is 3.28. The third-order valence-corrected chi connectivity index (χ3v) is 2.05. The van der Waals surface area contributed by atoms with Crippen LogP contribution in [0.3, 0.4) is 0 Å². The molecule has 3 heteroatoms. The Labute approximate surface area is 73.6 Å². The van der Waals surface area contributed by atoms with Crippen molar-refractivity contribution in [1.82, 2.24) is 9.78 Å². The monoisotopic (exact) mass is 167 g/mol. The molecule has 12 heavy (non-hydrogen) atoms. The van der Waals surface area contributed by atoms with Gasteiger partial charge in [-0.25, -0.2) is 0 Å². The van der Waals surface area contributed by atoms with Crippen LogP contribution >= 0.6 is 0 Å². The standard InChI is InChI=1S/C9H17N3/c1-6-7(9(2,3)4)11-12(5)8(6)10/h10H2,1-5H3. The molecular formula is C9H17N3. The highest BCUT2D eigenvalue weighted by Crippen LogP contribution is 2.26. The first-order chi connectivity index (χ1) is 5.34. The second-order valence-corrected chi connectivity index (χ2v) is 4.23. The molecule has 0 saturated carbocycles. The molecule has 3 nitrogen and oxygen atoms in total. The fourth-order valence-corrected chi connectivity index (χ4v) is 1.36. The molecule has 0 aliphatic carbocycles. The molecule has 0 aliphatic rings. The SMILES string of the molecule is Cc1c(C(C)(C)C)nn(C)c1N. The molecule has 0 unspecified atom stereocenters. The molecule has 0 atom stereocenters. The van der Waals surface area contributed by atoms with Gasteiger partial charge in [0.25, 0.3) is 0 Å². The molecule has 0 aromatic carbocycles. The number of rotatable bonds is 0.